The third-order valence-electron chi connectivity index (χ3n) is 4.82. The van der Waals surface area contributed by atoms with Crippen molar-refractivity contribution in [2.45, 2.75) is 56.2 Å². The van der Waals surface area contributed by atoms with Crippen LogP contribution in [0, 0.1) is 11.6 Å². The van der Waals surface area contributed by atoms with Gasteiger partial charge in [-0.15, -0.1) is 0 Å². The van der Waals surface area contributed by atoms with E-state index in [1.165, 1.54) is 4.31 Å². The van der Waals surface area contributed by atoms with Gasteiger partial charge in [-0.25, -0.2) is 17.2 Å². The Morgan fingerprint density at radius 2 is 1.73 bits per heavy atom. The zero-order valence-corrected chi connectivity index (χ0v) is 13.3. The molecular weight excluding hydrogens is 308 g/mol. The highest BCUT2D eigenvalue weighted by atomic mass is 32.2. The second kappa shape index (κ2) is 6.24. The Morgan fingerprint density at radius 3 is 2.45 bits per heavy atom. The first kappa shape index (κ1) is 15.9. The highest BCUT2D eigenvalue weighted by Crippen LogP contribution is 2.39. The molecule has 1 aliphatic heterocycles. The SMILES string of the molecule is O=S(=O)(C1CCCCC1)N1CCC[C@@H]1c1cc(F)ccc1F. The van der Waals surface area contributed by atoms with Crippen LogP contribution in [0.25, 0.3) is 0 Å². The van der Waals surface area contributed by atoms with Crippen LogP contribution in [0.15, 0.2) is 18.2 Å². The van der Waals surface area contributed by atoms with E-state index in [0.717, 1.165) is 37.5 Å². The van der Waals surface area contributed by atoms with E-state index < -0.39 is 27.7 Å². The lowest BCUT2D eigenvalue weighted by molar-refractivity contribution is 0.366. The molecule has 122 valence electrons. The number of rotatable bonds is 3. The summed E-state index contributed by atoms with van der Waals surface area (Å²) < 4.78 is 54.7. The van der Waals surface area contributed by atoms with Gasteiger partial charge in [0.1, 0.15) is 11.6 Å². The maximum absolute atomic E-state index is 14.0. The fraction of sp³-hybridized carbons (Fsp3) is 0.625. The van der Waals surface area contributed by atoms with Crippen molar-refractivity contribution in [1.82, 2.24) is 4.31 Å². The minimum Gasteiger partial charge on any atom is -0.212 e. The predicted octanol–water partition coefficient (Wildman–Crippen LogP) is 3.76. The monoisotopic (exact) mass is 329 g/mol. The van der Waals surface area contributed by atoms with E-state index in [0.29, 0.717) is 32.2 Å². The van der Waals surface area contributed by atoms with Crippen LogP contribution in [-0.2, 0) is 10.0 Å². The maximum atomic E-state index is 14.0. The van der Waals surface area contributed by atoms with Gasteiger partial charge in [0.2, 0.25) is 10.0 Å². The van der Waals surface area contributed by atoms with Crippen LogP contribution in [0.3, 0.4) is 0 Å². The molecule has 2 fully saturated rings. The van der Waals surface area contributed by atoms with E-state index in [1.54, 1.807) is 0 Å². The first-order chi connectivity index (χ1) is 10.5. The molecule has 3 nitrogen and oxygen atoms in total. The lowest BCUT2D eigenvalue weighted by Crippen LogP contribution is -2.39. The maximum Gasteiger partial charge on any atom is 0.217 e. The van der Waals surface area contributed by atoms with Gasteiger partial charge in [-0.05, 0) is 43.9 Å². The molecule has 0 bridgehead atoms. The van der Waals surface area contributed by atoms with Crippen molar-refractivity contribution in [2.24, 2.45) is 0 Å². The van der Waals surface area contributed by atoms with Crippen LogP contribution >= 0.6 is 0 Å². The van der Waals surface area contributed by atoms with Crippen LogP contribution in [0.1, 0.15) is 56.6 Å². The molecule has 1 heterocycles. The molecule has 0 radical (unpaired) electrons. The van der Waals surface area contributed by atoms with Gasteiger partial charge in [0, 0.05) is 12.1 Å². The molecule has 0 amide bonds. The number of sulfonamides is 1. The van der Waals surface area contributed by atoms with Crippen molar-refractivity contribution >= 4 is 10.0 Å². The minimum atomic E-state index is -3.44. The third-order valence-corrected chi connectivity index (χ3v) is 7.23. The number of nitrogens with zero attached hydrogens (tertiary/aromatic N) is 1. The molecule has 3 rings (SSSR count). The first-order valence-corrected chi connectivity index (χ1v) is 9.46. The van der Waals surface area contributed by atoms with Crippen molar-refractivity contribution in [3.8, 4) is 0 Å². The van der Waals surface area contributed by atoms with Crippen molar-refractivity contribution in [3.05, 3.63) is 35.4 Å². The topological polar surface area (TPSA) is 37.4 Å². The lowest BCUT2D eigenvalue weighted by Gasteiger charge is -2.31. The Bertz CT molecular complexity index is 642. The smallest absolute Gasteiger partial charge is 0.212 e. The van der Waals surface area contributed by atoms with E-state index >= 15 is 0 Å². The molecule has 1 saturated heterocycles. The van der Waals surface area contributed by atoms with Gasteiger partial charge in [-0.2, -0.15) is 4.31 Å². The summed E-state index contributed by atoms with van der Waals surface area (Å²) in [4.78, 5) is 0. The van der Waals surface area contributed by atoms with Crippen LogP contribution in [0.2, 0.25) is 0 Å². The molecule has 1 saturated carbocycles. The van der Waals surface area contributed by atoms with E-state index in [4.69, 9.17) is 0 Å². The summed E-state index contributed by atoms with van der Waals surface area (Å²) in [6, 6.07) is 2.71. The van der Waals surface area contributed by atoms with Gasteiger partial charge in [-0.1, -0.05) is 19.3 Å². The fourth-order valence-corrected chi connectivity index (χ4v) is 5.95. The van der Waals surface area contributed by atoms with Crippen molar-refractivity contribution in [3.63, 3.8) is 0 Å². The predicted molar refractivity (Wildman–Crippen MR) is 80.8 cm³/mol. The highest BCUT2D eigenvalue weighted by molar-refractivity contribution is 7.89. The van der Waals surface area contributed by atoms with Crippen molar-refractivity contribution in [2.75, 3.05) is 6.54 Å². The largest absolute Gasteiger partial charge is 0.217 e. The normalized spacial score (nSPS) is 24.7. The Labute approximate surface area is 130 Å². The van der Waals surface area contributed by atoms with Gasteiger partial charge in [0.15, 0.2) is 0 Å². The standard InChI is InChI=1S/C16H21F2NO2S/c17-12-8-9-15(18)14(11-12)16-7-4-10-19(16)22(20,21)13-5-2-1-3-6-13/h8-9,11,13,16H,1-7,10H2/t16-/m1/s1. The van der Waals surface area contributed by atoms with E-state index in [-0.39, 0.29) is 10.8 Å². The molecule has 0 N–H and O–H groups in total. The number of halogens is 2. The molecule has 22 heavy (non-hydrogen) atoms. The van der Waals surface area contributed by atoms with Crippen LogP contribution in [-0.4, -0.2) is 24.5 Å². The summed E-state index contributed by atoms with van der Waals surface area (Å²) in [7, 11) is -3.44. The van der Waals surface area contributed by atoms with E-state index in [9.17, 15) is 17.2 Å². The Kier molecular flexibility index (Phi) is 4.50. The lowest BCUT2D eigenvalue weighted by atomic mass is 10.0. The van der Waals surface area contributed by atoms with Crippen molar-refractivity contribution < 1.29 is 17.2 Å². The Balaban J connectivity index is 1.91. The average molecular weight is 329 g/mol. The summed E-state index contributed by atoms with van der Waals surface area (Å²) in [5, 5.41) is -0.363. The minimum absolute atomic E-state index is 0.164. The van der Waals surface area contributed by atoms with Gasteiger partial charge in [0.05, 0.1) is 11.3 Å². The molecule has 1 aromatic rings. The van der Waals surface area contributed by atoms with Gasteiger partial charge in [-0.3, -0.25) is 0 Å². The van der Waals surface area contributed by atoms with Gasteiger partial charge < -0.3 is 0 Å². The van der Waals surface area contributed by atoms with Crippen molar-refractivity contribution in [1.29, 1.82) is 0 Å². The molecule has 0 aromatic heterocycles. The zero-order chi connectivity index (χ0) is 15.7. The van der Waals surface area contributed by atoms with E-state index in [2.05, 4.69) is 0 Å². The molecule has 1 aromatic carbocycles. The molecular formula is C16H21F2NO2S. The fourth-order valence-electron chi connectivity index (χ4n) is 3.68. The highest BCUT2D eigenvalue weighted by Gasteiger charge is 2.41. The molecule has 1 atom stereocenters. The zero-order valence-electron chi connectivity index (χ0n) is 12.5. The summed E-state index contributed by atoms with van der Waals surface area (Å²) in [6.07, 6.45) is 5.52. The Hall–Kier alpha value is -1.01. The number of hydrogen-bond acceptors (Lipinski definition) is 2. The van der Waals surface area contributed by atoms with Crippen LogP contribution in [0.5, 0.6) is 0 Å². The average Bonchev–Trinajstić information content (AvgIpc) is 3.01. The molecule has 1 aliphatic carbocycles. The molecule has 0 unspecified atom stereocenters. The van der Waals surface area contributed by atoms with Crippen LogP contribution < -0.4 is 0 Å². The second-order valence-corrected chi connectivity index (χ2v) is 8.41. The second-order valence-electron chi connectivity index (χ2n) is 6.24. The summed E-state index contributed by atoms with van der Waals surface area (Å²) >= 11 is 0. The molecule has 0 spiro atoms. The first-order valence-electron chi connectivity index (χ1n) is 7.96. The van der Waals surface area contributed by atoms with E-state index in [1.807, 2.05) is 0 Å². The summed E-state index contributed by atoms with van der Waals surface area (Å²) in [6.45, 7) is 0.402. The summed E-state index contributed by atoms with van der Waals surface area (Å²) in [5.41, 5.74) is 0.164. The number of hydrogen-bond donors (Lipinski definition) is 0. The summed E-state index contributed by atoms with van der Waals surface area (Å²) in [5.74, 6) is -1.06. The molecule has 2 aliphatic rings. The number of benzene rings is 1. The van der Waals surface area contributed by atoms with Crippen LogP contribution in [0.4, 0.5) is 8.78 Å². The quantitative estimate of drug-likeness (QED) is 0.846. The Morgan fingerprint density at radius 1 is 1.00 bits per heavy atom. The molecule has 6 heteroatoms. The van der Waals surface area contributed by atoms with Gasteiger partial charge in [0.25, 0.3) is 0 Å². The third kappa shape index (κ3) is 2.91. The van der Waals surface area contributed by atoms with Gasteiger partial charge >= 0.3 is 0 Å².